The number of aliphatic hydroxyl groups is 1. The molecular weight excluding hydrogens is 236 g/mol. The van der Waals surface area contributed by atoms with Crippen LogP contribution in [0.15, 0.2) is 24.3 Å². The Morgan fingerprint density at radius 2 is 2.11 bits per heavy atom. The lowest BCUT2D eigenvalue weighted by Gasteiger charge is -2.15. The number of hydrogen-bond acceptors (Lipinski definition) is 2. The second-order valence-corrected chi connectivity index (χ2v) is 5.59. The van der Waals surface area contributed by atoms with Crippen LogP contribution in [-0.4, -0.2) is 40.8 Å². The minimum absolute atomic E-state index is 0.265. The van der Waals surface area contributed by atoms with Crippen LogP contribution in [0.3, 0.4) is 0 Å². The van der Waals surface area contributed by atoms with Crippen molar-refractivity contribution in [2.45, 2.75) is 19.3 Å². The molecule has 1 aliphatic heterocycles. The largest absolute Gasteiger partial charge is 0.395 e. The zero-order chi connectivity index (χ0) is 13.4. The van der Waals surface area contributed by atoms with Crippen molar-refractivity contribution >= 4 is 10.9 Å². The molecule has 0 bridgehead atoms. The molecule has 1 atom stereocenters. The van der Waals surface area contributed by atoms with Gasteiger partial charge in [0.1, 0.15) is 0 Å². The quantitative estimate of drug-likeness (QED) is 0.915. The van der Waals surface area contributed by atoms with Crippen molar-refractivity contribution in [2.24, 2.45) is 7.05 Å². The van der Waals surface area contributed by atoms with Gasteiger partial charge in [0.15, 0.2) is 0 Å². The van der Waals surface area contributed by atoms with Crippen molar-refractivity contribution in [3.8, 4) is 0 Å². The van der Waals surface area contributed by atoms with Gasteiger partial charge in [0.25, 0.3) is 0 Å². The normalized spacial score (nSPS) is 20.5. The predicted octanol–water partition coefficient (Wildman–Crippen LogP) is 2.27. The lowest BCUT2D eigenvalue weighted by atomic mass is 9.95. The molecule has 1 fully saturated rings. The van der Waals surface area contributed by atoms with E-state index in [0.717, 1.165) is 19.6 Å². The number of likely N-dealkylation sites (tertiary alicyclic amines) is 1. The second-order valence-electron chi connectivity index (χ2n) is 5.59. The molecule has 1 unspecified atom stereocenters. The number of aryl methyl sites for hydroxylation is 1. The molecule has 3 nitrogen and oxygen atoms in total. The minimum Gasteiger partial charge on any atom is -0.395 e. The number of rotatable bonds is 3. The Balaban J connectivity index is 1.99. The highest BCUT2D eigenvalue weighted by atomic mass is 16.3. The maximum atomic E-state index is 9.07. The minimum atomic E-state index is 0.265. The highest BCUT2D eigenvalue weighted by Gasteiger charge is 2.27. The summed E-state index contributed by atoms with van der Waals surface area (Å²) in [6.45, 7) is 5.48. The van der Waals surface area contributed by atoms with E-state index < -0.39 is 0 Å². The number of para-hydroxylation sites is 1. The molecule has 2 aromatic rings. The van der Waals surface area contributed by atoms with Crippen LogP contribution in [0.4, 0.5) is 0 Å². The van der Waals surface area contributed by atoms with Gasteiger partial charge in [0, 0.05) is 42.7 Å². The van der Waals surface area contributed by atoms with Gasteiger partial charge in [-0.05, 0) is 31.5 Å². The van der Waals surface area contributed by atoms with Gasteiger partial charge in [-0.2, -0.15) is 0 Å². The average molecular weight is 258 g/mol. The monoisotopic (exact) mass is 258 g/mol. The lowest BCUT2D eigenvalue weighted by Crippen LogP contribution is -2.23. The molecule has 19 heavy (non-hydrogen) atoms. The van der Waals surface area contributed by atoms with E-state index in [1.807, 2.05) is 0 Å². The Hall–Kier alpha value is -1.32. The molecule has 1 aromatic carbocycles. The summed E-state index contributed by atoms with van der Waals surface area (Å²) in [5.74, 6) is 0.609. The topological polar surface area (TPSA) is 28.4 Å². The molecule has 3 heteroatoms. The van der Waals surface area contributed by atoms with E-state index in [9.17, 15) is 0 Å². The van der Waals surface area contributed by atoms with Crippen LogP contribution in [0.25, 0.3) is 10.9 Å². The third-order valence-electron chi connectivity index (χ3n) is 4.55. The van der Waals surface area contributed by atoms with Crippen LogP contribution in [-0.2, 0) is 7.05 Å². The van der Waals surface area contributed by atoms with Crippen LogP contribution in [0.2, 0.25) is 0 Å². The summed E-state index contributed by atoms with van der Waals surface area (Å²) in [5, 5.41) is 10.5. The summed E-state index contributed by atoms with van der Waals surface area (Å²) in [6, 6.07) is 8.68. The maximum Gasteiger partial charge on any atom is 0.0558 e. The van der Waals surface area contributed by atoms with Crippen LogP contribution < -0.4 is 0 Å². The molecule has 0 radical (unpaired) electrons. The zero-order valence-corrected chi connectivity index (χ0v) is 11.8. The first-order chi connectivity index (χ1) is 9.22. The Labute approximate surface area is 114 Å². The van der Waals surface area contributed by atoms with Gasteiger partial charge in [-0.15, -0.1) is 0 Å². The Kier molecular flexibility index (Phi) is 3.33. The number of fused-ring (bicyclic) bond motifs is 1. The molecular formula is C16H22N2O. The van der Waals surface area contributed by atoms with Crippen molar-refractivity contribution in [3.05, 3.63) is 35.5 Å². The van der Waals surface area contributed by atoms with Crippen molar-refractivity contribution in [2.75, 3.05) is 26.2 Å². The van der Waals surface area contributed by atoms with E-state index in [1.54, 1.807) is 0 Å². The molecule has 1 saturated heterocycles. The third kappa shape index (κ3) is 2.07. The Morgan fingerprint density at radius 3 is 2.89 bits per heavy atom. The van der Waals surface area contributed by atoms with Gasteiger partial charge in [-0.3, -0.25) is 0 Å². The number of hydrogen-bond donors (Lipinski definition) is 1. The molecule has 1 N–H and O–H groups in total. The number of benzene rings is 1. The smallest absolute Gasteiger partial charge is 0.0558 e. The molecule has 0 saturated carbocycles. The fourth-order valence-electron chi connectivity index (χ4n) is 3.48. The summed E-state index contributed by atoms with van der Waals surface area (Å²) >= 11 is 0. The lowest BCUT2D eigenvalue weighted by molar-refractivity contribution is 0.220. The second kappa shape index (κ2) is 4.99. The van der Waals surface area contributed by atoms with Crippen molar-refractivity contribution in [1.29, 1.82) is 0 Å². The maximum absolute atomic E-state index is 9.07. The molecule has 0 amide bonds. The third-order valence-corrected chi connectivity index (χ3v) is 4.55. The van der Waals surface area contributed by atoms with E-state index in [4.69, 9.17) is 5.11 Å². The average Bonchev–Trinajstić information content (AvgIpc) is 2.96. The van der Waals surface area contributed by atoms with Crippen molar-refractivity contribution < 1.29 is 5.11 Å². The first kappa shape index (κ1) is 12.7. The number of aliphatic hydroxyl groups excluding tert-OH is 1. The van der Waals surface area contributed by atoms with Gasteiger partial charge in [0.05, 0.1) is 6.61 Å². The fourth-order valence-corrected chi connectivity index (χ4v) is 3.48. The van der Waals surface area contributed by atoms with Gasteiger partial charge < -0.3 is 14.6 Å². The molecule has 102 valence electrons. The summed E-state index contributed by atoms with van der Waals surface area (Å²) in [6.07, 6.45) is 1.20. The molecule has 0 aliphatic carbocycles. The molecule has 1 aromatic heterocycles. The molecule has 0 spiro atoms. The summed E-state index contributed by atoms with van der Waals surface area (Å²) in [4.78, 5) is 2.37. The van der Waals surface area contributed by atoms with E-state index in [-0.39, 0.29) is 6.61 Å². The summed E-state index contributed by atoms with van der Waals surface area (Å²) < 4.78 is 2.30. The van der Waals surface area contributed by atoms with Crippen molar-refractivity contribution in [1.82, 2.24) is 9.47 Å². The highest BCUT2D eigenvalue weighted by molar-refractivity contribution is 5.86. The van der Waals surface area contributed by atoms with Gasteiger partial charge in [0.2, 0.25) is 0 Å². The Morgan fingerprint density at radius 1 is 1.32 bits per heavy atom. The number of aromatic nitrogens is 1. The first-order valence-corrected chi connectivity index (χ1v) is 7.09. The highest BCUT2D eigenvalue weighted by Crippen LogP contribution is 2.36. The van der Waals surface area contributed by atoms with Crippen molar-refractivity contribution in [3.63, 3.8) is 0 Å². The van der Waals surface area contributed by atoms with Crippen LogP contribution in [0, 0.1) is 6.92 Å². The van der Waals surface area contributed by atoms with E-state index in [0.29, 0.717) is 5.92 Å². The van der Waals surface area contributed by atoms with Crippen LogP contribution in [0.1, 0.15) is 23.6 Å². The SMILES string of the molecule is Cc1c(C2CCN(CCO)C2)c2ccccc2n1C. The molecule has 3 rings (SSSR count). The number of β-amino-alcohol motifs (C(OH)–C–C–N with tert-alkyl or cyclic N) is 1. The van der Waals surface area contributed by atoms with E-state index in [1.165, 1.54) is 28.6 Å². The van der Waals surface area contributed by atoms with E-state index >= 15 is 0 Å². The van der Waals surface area contributed by atoms with E-state index in [2.05, 4.69) is 47.7 Å². The van der Waals surface area contributed by atoms with Crippen LogP contribution in [0.5, 0.6) is 0 Å². The predicted molar refractivity (Wildman–Crippen MR) is 78.5 cm³/mol. The zero-order valence-electron chi connectivity index (χ0n) is 11.8. The van der Waals surface area contributed by atoms with Gasteiger partial charge >= 0.3 is 0 Å². The fraction of sp³-hybridized carbons (Fsp3) is 0.500. The van der Waals surface area contributed by atoms with Gasteiger partial charge in [-0.25, -0.2) is 0 Å². The summed E-state index contributed by atoms with van der Waals surface area (Å²) in [5.41, 5.74) is 4.23. The summed E-state index contributed by atoms with van der Waals surface area (Å²) in [7, 11) is 2.15. The molecule has 1 aliphatic rings. The van der Waals surface area contributed by atoms with Crippen LogP contribution >= 0.6 is 0 Å². The standard InChI is InChI=1S/C16H22N2O/c1-12-16(13-7-8-18(11-13)9-10-19)14-5-3-4-6-15(14)17(12)2/h3-6,13,19H,7-11H2,1-2H3. The Bertz CT molecular complexity index is 588. The first-order valence-electron chi connectivity index (χ1n) is 7.09. The van der Waals surface area contributed by atoms with Gasteiger partial charge in [-0.1, -0.05) is 18.2 Å². The molecule has 2 heterocycles. The number of nitrogens with zero attached hydrogens (tertiary/aromatic N) is 2.